The number of aryl methyl sites for hydroxylation is 1. The standard InChI is InChI=1S/C22H26N2O2S/c1-16-5-4-7-17(13-16)19(24-9-11-26-12-10-24)15-23-22(25)21-14-18-6-2-3-8-20(18)27-21/h2-8,13,19,21H,9-12,14-15H2,1H3,(H,23,25). The number of amides is 1. The second kappa shape index (κ2) is 8.46. The topological polar surface area (TPSA) is 41.6 Å². The maximum atomic E-state index is 12.8. The van der Waals surface area contributed by atoms with Crippen LogP contribution in [-0.4, -0.2) is 48.9 Å². The fraction of sp³-hybridized carbons (Fsp3) is 0.409. The highest BCUT2D eigenvalue weighted by Gasteiger charge is 2.29. The van der Waals surface area contributed by atoms with Crippen LogP contribution in [0.3, 0.4) is 0 Å². The van der Waals surface area contributed by atoms with Gasteiger partial charge in [-0.1, -0.05) is 48.0 Å². The van der Waals surface area contributed by atoms with E-state index in [1.165, 1.54) is 21.6 Å². The zero-order valence-corrected chi connectivity index (χ0v) is 16.5. The van der Waals surface area contributed by atoms with E-state index in [1.54, 1.807) is 11.8 Å². The van der Waals surface area contributed by atoms with E-state index in [2.05, 4.69) is 53.5 Å². The van der Waals surface area contributed by atoms with Crippen molar-refractivity contribution in [3.8, 4) is 0 Å². The van der Waals surface area contributed by atoms with Crippen molar-refractivity contribution in [2.24, 2.45) is 0 Å². The minimum atomic E-state index is -0.0229. The summed E-state index contributed by atoms with van der Waals surface area (Å²) in [5, 5.41) is 3.21. The van der Waals surface area contributed by atoms with Gasteiger partial charge in [0.1, 0.15) is 0 Å². The van der Waals surface area contributed by atoms with Crippen molar-refractivity contribution < 1.29 is 9.53 Å². The molecule has 0 aliphatic carbocycles. The number of nitrogens with one attached hydrogen (secondary N) is 1. The molecular formula is C22H26N2O2S. The minimum absolute atomic E-state index is 0.0229. The number of morpholine rings is 1. The van der Waals surface area contributed by atoms with Gasteiger partial charge in [0.05, 0.1) is 24.5 Å². The number of carbonyl (C=O) groups excluding carboxylic acids is 1. The van der Waals surface area contributed by atoms with Gasteiger partial charge in [0.2, 0.25) is 5.91 Å². The van der Waals surface area contributed by atoms with E-state index < -0.39 is 0 Å². The van der Waals surface area contributed by atoms with Crippen LogP contribution in [0, 0.1) is 6.92 Å². The molecule has 2 heterocycles. The molecule has 27 heavy (non-hydrogen) atoms. The van der Waals surface area contributed by atoms with E-state index in [4.69, 9.17) is 4.74 Å². The number of ether oxygens (including phenoxy) is 1. The van der Waals surface area contributed by atoms with Crippen molar-refractivity contribution in [3.05, 3.63) is 65.2 Å². The largest absolute Gasteiger partial charge is 0.379 e. The summed E-state index contributed by atoms with van der Waals surface area (Å²) in [4.78, 5) is 16.5. The number of fused-ring (bicyclic) bond motifs is 1. The number of rotatable bonds is 5. The van der Waals surface area contributed by atoms with Gasteiger partial charge in [-0.05, 0) is 30.5 Å². The second-order valence-electron chi connectivity index (χ2n) is 7.24. The quantitative estimate of drug-likeness (QED) is 0.862. The lowest BCUT2D eigenvalue weighted by Gasteiger charge is -2.35. The van der Waals surface area contributed by atoms with Crippen LogP contribution in [0.1, 0.15) is 22.7 Å². The van der Waals surface area contributed by atoms with Crippen LogP contribution in [-0.2, 0) is 16.0 Å². The zero-order chi connectivity index (χ0) is 18.6. The van der Waals surface area contributed by atoms with Crippen LogP contribution in [0.5, 0.6) is 0 Å². The summed E-state index contributed by atoms with van der Waals surface area (Å²) in [6, 6.07) is 17.1. The lowest BCUT2D eigenvalue weighted by molar-refractivity contribution is -0.120. The first kappa shape index (κ1) is 18.5. The van der Waals surface area contributed by atoms with Crippen LogP contribution in [0.25, 0.3) is 0 Å². The van der Waals surface area contributed by atoms with Crippen LogP contribution in [0.15, 0.2) is 53.4 Å². The predicted molar refractivity (Wildman–Crippen MR) is 109 cm³/mol. The van der Waals surface area contributed by atoms with Crippen LogP contribution >= 0.6 is 11.8 Å². The average Bonchev–Trinajstić information content (AvgIpc) is 3.13. The van der Waals surface area contributed by atoms with Crippen LogP contribution in [0.2, 0.25) is 0 Å². The highest BCUT2D eigenvalue weighted by Crippen LogP contribution is 2.36. The summed E-state index contributed by atoms with van der Waals surface area (Å²) >= 11 is 1.68. The minimum Gasteiger partial charge on any atom is -0.379 e. The maximum Gasteiger partial charge on any atom is 0.233 e. The number of carbonyl (C=O) groups is 1. The zero-order valence-electron chi connectivity index (χ0n) is 15.7. The highest BCUT2D eigenvalue weighted by atomic mass is 32.2. The molecule has 142 valence electrons. The van der Waals surface area contributed by atoms with Gasteiger partial charge in [0.25, 0.3) is 0 Å². The second-order valence-corrected chi connectivity index (χ2v) is 8.49. The monoisotopic (exact) mass is 382 g/mol. The maximum absolute atomic E-state index is 12.8. The van der Waals surface area contributed by atoms with Crippen molar-refractivity contribution in [2.45, 2.75) is 29.5 Å². The number of benzene rings is 2. The van der Waals surface area contributed by atoms with E-state index in [0.717, 1.165) is 32.7 Å². The van der Waals surface area contributed by atoms with Crippen LogP contribution in [0.4, 0.5) is 0 Å². The molecule has 2 unspecified atom stereocenters. The van der Waals surface area contributed by atoms with E-state index in [0.29, 0.717) is 6.54 Å². The van der Waals surface area contributed by atoms with E-state index in [9.17, 15) is 4.79 Å². The number of thioether (sulfide) groups is 1. The summed E-state index contributed by atoms with van der Waals surface area (Å²) in [6.07, 6.45) is 0.819. The van der Waals surface area contributed by atoms with Crippen molar-refractivity contribution in [1.82, 2.24) is 10.2 Å². The molecule has 2 aromatic carbocycles. The number of hydrogen-bond acceptors (Lipinski definition) is 4. The first-order chi connectivity index (χ1) is 13.2. The van der Waals surface area contributed by atoms with E-state index in [-0.39, 0.29) is 17.2 Å². The Kier molecular flexibility index (Phi) is 5.81. The van der Waals surface area contributed by atoms with Gasteiger partial charge in [-0.25, -0.2) is 0 Å². The molecule has 1 amide bonds. The van der Waals surface area contributed by atoms with Gasteiger partial charge >= 0.3 is 0 Å². The Hall–Kier alpha value is -1.82. The third-order valence-electron chi connectivity index (χ3n) is 5.32. The summed E-state index contributed by atoms with van der Waals surface area (Å²) in [5.41, 5.74) is 3.80. The smallest absolute Gasteiger partial charge is 0.233 e. The number of nitrogens with zero attached hydrogens (tertiary/aromatic N) is 1. The Morgan fingerprint density at radius 3 is 2.81 bits per heavy atom. The molecule has 0 saturated carbocycles. The molecule has 1 N–H and O–H groups in total. The van der Waals surface area contributed by atoms with Crippen molar-refractivity contribution in [3.63, 3.8) is 0 Å². The molecule has 2 atom stereocenters. The molecule has 4 rings (SSSR count). The van der Waals surface area contributed by atoms with E-state index in [1.807, 2.05) is 12.1 Å². The average molecular weight is 383 g/mol. The molecule has 2 aliphatic rings. The van der Waals surface area contributed by atoms with Gasteiger partial charge in [-0.2, -0.15) is 0 Å². The first-order valence-electron chi connectivity index (χ1n) is 9.61. The summed E-state index contributed by atoms with van der Waals surface area (Å²) in [7, 11) is 0. The molecule has 5 heteroatoms. The Balaban J connectivity index is 1.43. The Morgan fingerprint density at radius 1 is 1.22 bits per heavy atom. The van der Waals surface area contributed by atoms with Crippen molar-refractivity contribution in [1.29, 1.82) is 0 Å². The Bertz CT molecular complexity index is 779. The third kappa shape index (κ3) is 4.37. The fourth-order valence-electron chi connectivity index (χ4n) is 3.86. The predicted octanol–water partition coefficient (Wildman–Crippen LogP) is 3.20. The summed E-state index contributed by atoms with van der Waals surface area (Å²) in [5.74, 6) is 0.141. The van der Waals surface area contributed by atoms with Gasteiger partial charge in [0.15, 0.2) is 0 Å². The molecular weight excluding hydrogens is 356 g/mol. The molecule has 0 bridgehead atoms. The lowest BCUT2D eigenvalue weighted by atomic mass is 10.0. The van der Waals surface area contributed by atoms with Gasteiger partial charge in [-0.15, -0.1) is 11.8 Å². The summed E-state index contributed by atoms with van der Waals surface area (Å²) < 4.78 is 5.52. The van der Waals surface area contributed by atoms with Crippen molar-refractivity contribution in [2.75, 3.05) is 32.8 Å². The molecule has 2 aromatic rings. The molecule has 0 radical (unpaired) electrons. The third-order valence-corrected chi connectivity index (χ3v) is 6.64. The molecule has 1 saturated heterocycles. The van der Waals surface area contributed by atoms with E-state index >= 15 is 0 Å². The Morgan fingerprint density at radius 2 is 2.04 bits per heavy atom. The first-order valence-corrected chi connectivity index (χ1v) is 10.5. The summed E-state index contributed by atoms with van der Waals surface area (Å²) in [6.45, 7) is 6.06. The lowest BCUT2D eigenvalue weighted by Crippen LogP contribution is -2.45. The molecule has 2 aliphatic heterocycles. The van der Waals surface area contributed by atoms with Gasteiger partial charge in [0, 0.05) is 24.5 Å². The molecule has 0 aromatic heterocycles. The number of hydrogen-bond donors (Lipinski definition) is 1. The van der Waals surface area contributed by atoms with Gasteiger partial charge in [-0.3, -0.25) is 9.69 Å². The normalized spacial score (nSPS) is 20.9. The highest BCUT2D eigenvalue weighted by molar-refractivity contribution is 8.01. The van der Waals surface area contributed by atoms with Crippen molar-refractivity contribution >= 4 is 17.7 Å². The molecule has 4 nitrogen and oxygen atoms in total. The molecule has 1 fully saturated rings. The van der Waals surface area contributed by atoms with Gasteiger partial charge < -0.3 is 10.1 Å². The fourth-order valence-corrected chi connectivity index (χ4v) is 5.08. The molecule has 0 spiro atoms. The van der Waals surface area contributed by atoms with Crippen LogP contribution < -0.4 is 5.32 Å². The Labute approximate surface area is 165 Å². The SMILES string of the molecule is Cc1cccc(C(CNC(=O)C2Cc3ccccc3S2)N2CCOCC2)c1.